The van der Waals surface area contributed by atoms with Crippen molar-refractivity contribution in [3.05, 3.63) is 23.9 Å². The van der Waals surface area contributed by atoms with Crippen LogP contribution in [0.15, 0.2) is 18.3 Å². The third-order valence-electron chi connectivity index (χ3n) is 4.60. The van der Waals surface area contributed by atoms with E-state index in [2.05, 4.69) is 5.10 Å². The predicted molar refractivity (Wildman–Crippen MR) is 81.4 cm³/mol. The van der Waals surface area contributed by atoms with Crippen LogP contribution in [0, 0.1) is 0 Å². The molecule has 1 saturated heterocycles. The van der Waals surface area contributed by atoms with Gasteiger partial charge in [0.1, 0.15) is 0 Å². The van der Waals surface area contributed by atoms with E-state index in [9.17, 15) is 8.78 Å². The van der Waals surface area contributed by atoms with Crippen LogP contribution in [0.4, 0.5) is 8.78 Å². The average molecular weight is 308 g/mol. The molecule has 1 aromatic carbocycles. The molecule has 3 rings (SSSR count). The van der Waals surface area contributed by atoms with Gasteiger partial charge in [0.25, 0.3) is 6.43 Å². The largest absolute Gasteiger partial charge is 0.495 e. The highest BCUT2D eigenvalue weighted by Crippen LogP contribution is 2.38. The minimum Gasteiger partial charge on any atom is -0.399 e. The van der Waals surface area contributed by atoms with Crippen LogP contribution in [0.5, 0.6) is 0 Å². The van der Waals surface area contributed by atoms with Crippen molar-refractivity contribution in [1.82, 2.24) is 9.78 Å². The van der Waals surface area contributed by atoms with Gasteiger partial charge in [-0.25, -0.2) is 8.78 Å². The maximum Gasteiger partial charge on any atom is 0.495 e. The predicted octanol–water partition coefficient (Wildman–Crippen LogP) is 2.81. The minimum atomic E-state index is -2.62. The number of hydrogen-bond acceptors (Lipinski definition) is 3. The number of fused-ring (bicyclic) bond motifs is 1. The summed E-state index contributed by atoms with van der Waals surface area (Å²) in [4.78, 5) is 0. The van der Waals surface area contributed by atoms with Gasteiger partial charge in [0, 0.05) is 24.2 Å². The van der Waals surface area contributed by atoms with Crippen LogP contribution in [-0.4, -0.2) is 28.1 Å². The quantitative estimate of drug-likeness (QED) is 0.801. The first-order chi connectivity index (χ1) is 10.1. The molecule has 1 aliphatic heterocycles. The molecular formula is C15H19BF2N2O2. The van der Waals surface area contributed by atoms with Crippen LogP contribution >= 0.6 is 0 Å². The summed E-state index contributed by atoms with van der Waals surface area (Å²) in [5.74, 6) is 0. The van der Waals surface area contributed by atoms with Crippen molar-refractivity contribution >= 4 is 23.5 Å². The molecule has 118 valence electrons. The van der Waals surface area contributed by atoms with Gasteiger partial charge in [-0.2, -0.15) is 5.10 Å². The summed E-state index contributed by atoms with van der Waals surface area (Å²) in [6, 6.07) is 3.35. The lowest BCUT2D eigenvalue weighted by Crippen LogP contribution is -2.41. The molecule has 0 atom stereocenters. The van der Waals surface area contributed by atoms with Crippen LogP contribution in [-0.2, 0) is 16.4 Å². The van der Waals surface area contributed by atoms with Crippen molar-refractivity contribution in [2.45, 2.75) is 45.3 Å². The summed E-state index contributed by atoms with van der Waals surface area (Å²) < 4.78 is 40.7. The van der Waals surface area contributed by atoms with E-state index < -0.39 is 24.7 Å². The van der Waals surface area contributed by atoms with Gasteiger partial charge in [0.05, 0.1) is 16.7 Å². The highest BCUT2D eigenvalue weighted by molar-refractivity contribution is 6.63. The van der Waals surface area contributed by atoms with E-state index in [1.54, 1.807) is 25.4 Å². The normalized spacial score (nSPS) is 20.3. The Morgan fingerprint density at radius 3 is 2.27 bits per heavy atom. The Kier molecular flexibility index (Phi) is 3.34. The monoisotopic (exact) mass is 308 g/mol. The molecule has 2 aromatic rings. The molecule has 1 aromatic heterocycles. The molecule has 4 nitrogen and oxygen atoms in total. The molecule has 0 radical (unpaired) electrons. The van der Waals surface area contributed by atoms with E-state index in [0.29, 0.717) is 16.4 Å². The van der Waals surface area contributed by atoms with E-state index in [1.165, 1.54) is 4.68 Å². The Bertz CT molecular complexity index is 712. The second kappa shape index (κ2) is 4.76. The summed E-state index contributed by atoms with van der Waals surface area (Å²) in [5.41, 5.74) is -0.293. The van der Waals surface area contributed by atoms with Crippen molar-refractivity contribution in [2.75, 3.05) is 0 Å². The molecule has 1 fully saturated rings. The topological polar surface area (TPSA) is 36.3 Å². The highest BCUT2D eigenvalue weighted by atomic mass is 19.3. The maximum atomic E-state index is 13.7. The summed E-state index contributed by atoms with van der Waals surface area (Å²) in [6.45, 7) is 7.60. The summed E-state index contributed by atoms with van der Waals surface area (Å²) >= 11 is 0. The van der Waals surface area contributed by atoms with Crippen LogP contribution < -0.4 is 5.46 Å². The first kappa shape index (κ1) is 15.4. The van der Waals surface area contributed by atoms with Gasteiger partial charge in [-0.05, 0) is 39.2 Å². The van der Waals surface area contributed by atoms with Crippen molar-refractivity contribution in [2.24, 2.45) is 7.05 Å². The number of benzene rings is 1. The summed E-state index contributed by atoms with van der Waals surface area (Å²) in [5, 5.41) is 4.62. The highest BCUT2D eigenvalue weighted by Gasteiger charge is 2.52. The second-order valence-corrected chi connectivity index (χ2v) is 6.69. The zero-order chi connectivity index (χ0) is 16.3. The molecule has 0 N–H and O–H groups in total. The molecule has 0 saturated carbocycles. The fraction of sp³-hybridized carbons (Fsp3) is 0.533. The standard InChI is InChI=1S/C15H19BF2N2O2/c1-14(2)15(3,4)22-16(21-14)10-6-7-11-9(8-20(5)19-11)12(10)13(17)18/h6-8,13H,1-5H3. The van der Waals surface area contributed by atoms with Crippen molar-refractivity contribution in [3.63, 3.8) is 0 Å². The first-order valence-corrected chi connectivity index (χ1v) is 7.22. The lowest BCUT2D eigenvalue weighted by Gasteiger charge is -2.32. The third kappa shape index (κ3) is 2.23. The lowest BCUT2D eigenvalue weighted by molar-refractivity contribution is 0.00578. The lowest BCUT2D eigenvalue weighted by atomic mass is 9.75. The Balaban J connectivity index is 2.14. The fourth-order valence-corrected chi connectivity index (χ4v) is 2.67. The van der Waals surface area contributed by atoms with E-state index in [1.807, 2.05) is 27.7 Å². The SMILES string of the molecule is Cn1cc2c(C(F)F)c(B3OC(C)(C)C(C)(C)O3)ccc2n1. The zero-order valence-electron chi connectivity index (χ0n) is 13.4. The van der Waals surface area contributed by atoms with Gasteiger partial charge >= 0.3 is 7.12 Å². The van der Waals surface area contributed by atoms with Gasteiger partial charge in [-0.3, -0.25) is 4.68 Å². The Hall–Kier alpha value is -1.47. The molecule has 0 unspecified atom stereocenters. The van der Waals surface area contributed by atoms with Gasteiger partial charge in [0.15, 0.2) is 0 Å². The Morgan fingerprint density at radius 1 is 1.14 bits per heavy atom. The fourth-order valence-electron chi connectivity index (χ4n) is 2.67. The molecule has 2 heterocycles. The number of aromatic nitrogens is 2. The number of hydrogen-bond donors (Lipinski definition) is 0. The maximum absolute atomic E-state index is 13.7. The average Bonchev–Trinajstić information content (AvgIpc) is 2.84. The molecule has 7 heteroatoms. The summed E-state index contributed by atoms with van der Waals surface area (Å²) in [6.07, 6.45) is -1.02. The van der Waals surface area contributed by atoms with Crippen molar-refractivity contribution < 1.29 is 18.1 Å². The van der Waals surface area contributed by atoms with Gasteiger partial charge in [-0.1, -0.05) is 6.07 Å². The van der Waals surface area contributed by atoms with E-state index >= 15 is 0 Å². The third-order valence-corrected chi connectivity index (χ3v) is 4.60. The van der Waals surface area contributed by atoms with E-state index in [0.717, 1.165) is 0 Å². The van der Waals surface area contributed by atoms with Crippen molar-refractivity contribution in [1.29, 1.82) is 0 Å². The zero-order valence-corrected chi connectivity index (χ0v) is 13.4. The molecule has 0 amide bonds. The second-order valence-electron chi connectivity index (χ2n) is 6.69. The minimum absolute atomic E-state index is 0.0656. The molecule has 1 aliphatic rings. The van der Waals surface area contributed by atoms with Crippen LogP contribution in [0.25, 0.3) is 10.9 Å². The Labute approximate surface area is 128 Å². The molecule has 0 spiro atoms. The molecule has 0 bridgehead atoms. The Morgan fingerprint density at radius 2 is 1.73 bits per heavy atom. The number of nitrogens with zero attached hydrogens (tertiary/aromatic N) is 2. The molecule has 22 heavy (non-hydrogen) atoms. The number of halogens is 2. The van der Waals surface area contributed by atoms with E-state index in [4.69, 9.17) is 9.31 Å². The van der Waals surface area contributed by atoms with Crippen LogP contribution in [0.1, 0.15) is 39.7 Å². The van der Waals surface area contributed by atoms with Crippen molar-refractivity contribution in [3.8, 4) is 0 Å². The van der Waals surface area contributed by atoms with Gasteiger partial charge in [0.2, 0.25) is 0 Å². The number of alkyl halides is 2. The van der Waals surface area contributed by atoms with E-state index in [-0.39, 0.29) is 5.56 Å². The summed E-state index contributed by atoms with van der Waals surface area (Å²) in [7, 11) is 0.905. The molecule has 0 aliphatic carbocycles. The number of rotatable bonds is 2. The smallest absolute Gasteiger partial charge is 0.399 e. The number of aryl methyl sites for hydroxylation is 1. The van der Waals surface area contributed by atoms with Crippen LogP contribution in [0.3, 0.4) is 0 Å². The van der Waals surface area contributed by atoms with Gasteiger partial charge < -0.3 is 9.31 Å². The molecular weight excluding hydrogens is 289 g/mol. The van der Waals surface area contributed by atoms with Crippen LogP contribution in [0.2, 0.25) is 0 Å². The first-order valence-electron chi connectivity index (χ1n) is 7.22. The van der Waals surface area contributed by atoms with Gasteiger partial charge in [-0.15, -0.1) is 0 Å².